The lowest BCUT2D eigenvalue weighted by molar-refractivity contribution is 0.102. The number of fused-ring (bicyclic) bond motifs is 1. The summed E-state index contributed by atoms with van der Waals surface area (Å²) in [7, 11) is 0.786. The smallest absolute Gasteiger partial charge is 0.328 e. The molecule has 160 valence electrons. The molecule has 1 heterocycles. The van der Waals surface area contributed by atoms with Crippen molar-refractivity contribution < 1.29 is 17.9 Å². The summed E-state index contributed by atoms with van der Waals surface area (Å²) < 4.78 is 34.0. The van der Waals surface area contributed by atoms with E-state index in [4.69, 9.17) is 16.3 Å². The maximum absolute atomic E-state index is 13.0. The SMILES string of the molecule is COc1cc(Cl)ccc1C(=O)Nc1cc2c(cc1S(=O)(=O)C(C)C)n(C)c(=O)n2C. The molecule has 0 fully saturated rings. The number of halogens is 1. The number of aromatic nitrogens is 2. The van der Waals surface area contributed by atoms with Crippen LogP contribution in [-0.2, 0) is 23.9 Å². The fraction of sp³-hybridized carbons (Fsp3) is 0.300. The highest BCUT2D eigenvalue weighted by molar-refractivity contribution is 7.92. The van der Waals surface area contributed by atoms with Gasteiger partial charge in [-0.1, -0.05) is 11.6 Å². The average molecular weight is 452 g/mol. The molecule has 1 amide bonds. The minimum Gasteiger partial charge on any atom is -0.496 e. The van der Waals surface area contributed by atoms with Gasteiger partial charge in [-0.15, -0.1) is 0 Å². The van der Waals surface area contributed by atoms with Crippen LogP contribution >= 0.6 is 11.6 Å². The van der Waals surface area contributed by atoms with Gasteiger partial charge in [-0.25, -0.2) is 13.2 Å². The second-order valence-corrected chi connectivity index (χ2v) is 10.0. The maximum Gasteiger partial charge on any atom is 0.328 e. The summed E-state index contributed by atoms with van der Waals surface area (Å²) in [5.74, 6) is -0.314. The van der Waals surface area contributed by atoms with Crippen molar-refractivity contribution in [1.82, 2.24) is 9.13 Å². The molecular weight excluding hydrogens is 430 g/mol. The lowest BCUT2D eigenvalue weighted by Gasteiger charge is -2.16. The van der Waals surface area contributed by atoms with Gasteiger partial charge in [0.1, 0.15) is 5.75 Å². The topological polar surface area (TPSA) is 99.4 Å². The van der Waals surface area contributed by atoms with E-state index in [-0.39, 0.29) is 27.6 Å². The normalized spacial score (nSPS) is 11.8. The number of carbonyl (C=O) groups is 1. The first kappa shape index (κ1) is 21.9. The van der Waals surface area contributed by atoms with Gasteiger partial charge in [-0.2, -0.15) is 0 Å². The van der Waals surface area contributed by atoms with Gasteiger partial charge in [-0.3, -0.25) is 13.9 Å². The van der Waals surface area contributed by atoms with Crippen molar-refractivity contribution in [2.24, 2.45) is 14.1 Å². The number of sulfone groups is 1. The van der Waals surface area contributed by atoms with Gasteiger partial charge in [0, 0.05) is 19.1 Å². The summed E-state index contributed by atoms with van der Waals surface area (Å²) in [6.07, 6.45) is 0. The summed E-state index contributed by atoms with van der Waals surface area (Å²) in [6, 6.07) is 7.43. The Hall–Kier alpha value is -2.78. The predicted molar refractivity (Wildman–Crippen MR) is 116 cm³/mol. The second-order valence-electron chi connectivity index (χ2n) is 7.13. The van der Waals surface area contributed by atoms with Gasteiger partial charge in [0.2, 0.25) is 0 Å². The van der Waals surface area contributed by atoms with Crippen molar-refractivity contribution in [2.75, 3.05) is 12.4 Å². The molecule has 0 saturated heterocycles. The Labute approximate surface area is 178 Å². The molecule has 3 rings (SSSR count). The van der Waals surface area contributed by atoms with Crippen LogP contribution in [0.3, 0.4) is 0 Å². The van der Waals surface area contributed by atoms with E-state index in [2.05, 4.69) is 5.32 Å². The number of anilines is 1. The van der Waals surface area contributed by atoms with Gasteiger partial charge in [0.05, 0.1) is 39.5 Å². The van der Waals surface area contributed by atoms with E-state index in [9.17, 15) is 18.0 Å². The highest BCUT2D eigenvalue weighted by Crippen LogP contribution is 2.31. The van der Waals surface area contributed by atoms with Crippen LogP contribution in [0.25, 0.3) is 11.0 Å². The number of benzene rings is 2. The maximum atomic E-state index is 13.0. The molecule has 0 spiro atoms. The molecule has 10 heteroatoms. The summed E-state index contributed by atoms with van der Waals surface area (Å²) in [4.78, 5) is 25.2. The number of imidazole rings is 1. The van der Waals surface area contributed by atoms with E-state index < -0.39 is 21.0 Å². The monoisotopic (exact) mass is 451 g/mol. The number of hydrogen-bond donors (Lipinski definition) is 1. The van der Waals surface area contributed by atoms with Crippen LogP contribution in [0, 0.1) is 0 Å². The van der Waals surface area contributed by atoms with Crippen LogP contribution in [-0.4, -0.2) is 35.8 Å². The second kappa shape index (κ2) is 7.81. The molecule has 8 nitrogen and oxygen atoms in total. The highest BCUT2D eigenvalue weighted by Gasteiger charge is 2.26. The van der Waals surface area contributed by atoms with E-state index in [1.165, 1.54) is 46.6 Å². The molecule has 0 atom stereocenters. The van der Waals surface area contributed by atoms with Crippen LogP contribution in [0.5, 0.6) is 5.75 Å². The Morgan fingerprint density at radius 1 is 1.10 bits per heavy atom. The zero-order chi connectivity index (χ0) is 22.4. The first-order valence-electron chi connectivity index (χ1n) is 9.07. The third-order valence-electron chi connectivity index (χ3n) is 4.96. The first-order valence-corrected chi connectivity index (χ1v) is 11.0. The summed E-state index contributed by atoms with van der Waals surface area (Å²) >= 11 is 5.95. The van der Waals surface area contributed by atoms with Crippen molar-refractivity contribution >= 4 is 44.1 Å². The summed E-state index contributed by atoms with van der Waals surface area (Å²) in [6.45, 7) is 3.11. The van der Waals surface area contributed by atoms with Crippen LogP contribution in [0.4, 0.5) is 5.69 Å². The molecule has 0 aliphatic carbocycles. The van der Waals surface area contributed by atoms with E-state index in [1.54, 1.807) is 27.9 Å². The van der Waals surface area contributed by atoms with Crippen molar-refractivity contribution in [3.8, 4) is 5.75 Å². The Morgan fingerprint density at radius 3 is 2.27 bits per heavy atom. The van der Waals surface area contributed by atoms with E-state index in [0.717, 1.165) is 0 Å². The zero-order valence-corrected chi connectivity index (χ0v) is 18.8. The Kier molecular flexibility index (Phi) is 5.70. The minimum absolute atomic E-state index is 0.0625. The Morgan fingerprint density at radius 2 is 1.70 bits per heavy atom. The van der Waals surface area contributed by atoms with Crippen LogP contribution < -0.4 is 15.7 Å². The van der Waals surface area contributed by atoms with Gasteiger partial charge in [-0.05, 0) is 44.2 Å². The molecule has 0 radical (unpaired) electrons. The fourth-order valence-electron chi connectivity index (χ4n) is 3.16. The third kappa shape index (κ3) is 3.59. The van der Waals surface area contributed by atoms with Crippen molar-refractivity contribution in [1.29, 1.82) is 0 Å². The number of rotatable bonds is 5. The van der Waals surface area contributed by atoms with Gasteiger partial charge in [0.15, 0.2) is 9.84 Å². The molecule has 0 aliphatic rings. The molecule has 0 unspecified atom stereocenters. The molecule has 3 aromatic rings. The average Bonchev–Trinajstić information content (AvgIpc) is 2.90. The van der Waals surface area contributed by atoms with Crippen LogP contribution in [0.1, 0.15) is 24.2 Å². The minimum atomic E-state index is -3.76. The molecule has 0 bridgehead atoms. The number of aryl methyl sites for hydroxylation is 2. The fourth-order valence-corrected chi connectivity index (χ4v) is 4.52. The summed E-state index contributed by atoms with van der Waals surface area (Å²) in [5, 5.41) is 2.33. The van der Waals surface area contributed by atoms with Crippen molar-refractivity contribution in [3.05, 3.63) is 51.4 Å². The molecular formula is C20H22ClN3O5S. The van der Waals surface area contributed by atoms with Crippen molar-refractivity contribution in [3.63, 3.8) is 0 Å². The number of carbonyl (C=O) groups excluding carboxylic acids is 1. The standard InChI is InChI=1S/C20H22ClN3O5S/c1-11(2)30(27,28)18-10-16-15(23(3)20(26)24(16)4)9-14(18)22-19(25)13-7-6-12(21)8-17(13)29-5/h6-11H,1-5H3,(H,22,25). The molecule has 0 saturated carbocycles. The molecule has 1 aromatic heterocycles. The molecule has 30 heavy (non-hydrogen) atoms. The number of ether oxygens (including phenoxy) is 1. The lowest BCUT2D eigenvalue weighted by atomic mass is 10.1. The number of nitrogens with one attached hydrogen (secondary N) is 1. The first-order chi connectivity index (χ1) is 14.0. The molecule has 1 N–H and O–H groups in total. The predicted octanol–water partition coefficient (Wildman–Crippen LogP) is 2.97. The number of methoxy groups -OCH3 is 1. The van der Waals surface area contributed by atoms with Gasteiger partial charge >= 0.3 is 5.69 Å². The number of amides is 1. The molecule has 2 aromatic carbocycles. The number of nitrogens with zero attached hydrogens (tertiary/aromatic N) is 2. The van der Waals surface area contributed by atoms with Crippen LogP contribution in [0.15, 0.2) is 40.0 Å². The summed E-state index contributed by atoms with van der Waals surface area (Å²) in [5.41, 5.74) is 0.907. The highest BCUT2D eigenvalue weighted by atomic mass is 35.5. The van der Waals surface area contributed by atoms with Gasteiger partial charge < -0.3 is 10.1 Å². The zero-order valence-electron chi connectivity index (χ0n) is 17.2. The molecule has 0 aliphatic heterocycles. The van der Waals surface area contributed by atoms with Gasteiger partial charge in [0.25, 0.3) is 5.91 Å². The van der Waals surface area contributed by atoms with Crippen molar-refractivity contribution in [2.45, 2.75) is 24.0 Å². The quantitative estimate of drug-likeness (QED) is 0.642. The lowest BCUT2D eigenvalue weighted by Crippen LogP contribution is -2.19. The van der Waals surface area contributed by atoms with E-state index in [0.29, 0.717) is 16.1 Å². The Balaban J connectivity index is 2.23. The van der Waals surface area contributed by atoms with E-state index >= 15 is 0 Å². The Bertz CT molecular complexity index is 1320. The largest absolute Gasteiger partial charge is 0.496 e. The third-order valence-corrected chi connectivity index (χ3v) is 7.38. The van der Waals surface area contributed by atoms with Crippen LogP contribution in [0.2, 0.25) is 5.02 Å². The van der Waals surface area contributed by atoms with E-state index in [1.807, 2.05) is 0 Å². The number of hydrogen-bond acceptors (Lipinski definition) is 5.